The van der Waals surface area contributed by atoms with Gasteiger partial charge in [0.1, 0.15) is 0 Å². The van der Waals surface area contributed by atoms with E-state index in [0.29, 0.717) is 17.8 Å². The van der Waals surface area contributed by atoms with Crippen LogP contribution in [-0.2, 0) is 9.53 Å². The zero-order valence-corrected chi connectivity index (χ0v) is 16.4. The van der Waals surface area contributed by atoms with E-state index in [1.54, 1.807) is 12.1 Å². The van der Waals surface area contributed by atoms with Gasteiger partial charge in [0.15, 0.2) is 6.61 Å². The molecule has 0 atom stereocenters. The van der Waals surface area contributed by atoms with Gasteiger partial charge in [0.05, 0.1) is 5.56 Å². The molecular formula is C21H29N3O4. The van der Waals surface area contributed by atoms with Crippen LogP contribution in [0.3, 0.4) is 0 Å². The van der Waals surface area contributed by atoms with Crippen molar-refractivity contribution in [3.8, 4) is 0 Å². The lowest BCUT2D eigenvalue weighted by Gasteiger charge is -2.15. The van der Waals surface area contributed by atoms with Gasteiger partial charge < -0.3 is 15.4 Å². The summed E-state index contributed by atoms with van der Waals surface area (Å²) in [4.78, 5) is 35.5. The molecule has 1 aromatic carbocycles. The molecule has 0 aromatic heterocycles. The summed E-state index contributed by atoms with van der Waals surface area (Å²) < 4.78 is 5.05. The van der Waals surface area contributed by atoms with Crippen molar-refractivity contribution in [2.45, 2.75) is 45.4 Å². The Morgan fingerprint density at radius 3 is 2.68 bits per heavy atom. The van der Waals surface area contributed by atoms with E-state index >= 15 is 0 Å². The number of imide groups is 1. The lowest BCUT2D eigenvalue weighted by atomic mass is 9.97. The molecule has 7 heteroatoms. The van der Waals surface area contributed by atoms with Crippen LogP contribution in [-0.4, -0.2) is 37.6 Å². The number of urea groups is 1. The SMILES string of the molecule is CCCNC(=O)NC(=O)COC(=O)c1ccccc1NCCC1=CCCCC1. The van der Waals surface area contributed by atoms with Crippen molar-refractivity contribution in [2.24, 2.45) is 0 Å². The number of anilines is 1. The standard InChI is InChI=1S/C21H29N3O4/c1-2-13-23-21(27)24-19(25)15-28-20(26)17-10-6-7-11-18(17)22-14-12-16-8-4-3-5-9-16/h6-8,10-11,22H,2-5,9,12-15H2,1H3,(H2,23,24,25,27). The minimum atomic E-state index is -0.670. The summed E-state index contributed by atoms with van der Waals surface area (Å²) in [6.07, 6.45) is 8.81. The molecule has 152 valence electrons. The maximum absolute atomic E-state index is 12.3. The zero-order chi connectivity index (χ0) is 20.2. The Balaban J connectivity index is 1.81. The molecule has 3 N–H and O–H groups in total. The highest BCUT2D eigenvalue weighted by atomic mass is 16.5. The molecule has 0 bridgehead atoms. The van der Waals surface area contributed by atoms with Gasteiger partial charge in [-0.15, -0.1) is 0 Å². The van der Waals surface area contributed by atoms with Gasteiger partial charge in [0.25, 0.3) is 5.91 Å². The molecule has 2 rings (SSSR count). The quantitative estimate of drug-likeness (QED) is 0.446. The number of ether oxygens (including phenoxy) is 1. The molecule has 1 aliphatic carbocycles. The maximum Gasteiger partial charge on any atom is 0.340 e. The average Bonchev–Trinajstić information content (AvgIpc) is 2.71. The number of para-hydroxylation sites is 1. The van der Waals surface area contributed by atoms with E-state index in [1.165, 1.54) is 18.4 Å². The number of esters is 1. The van der Waals surface area contributed by atoms with Crippen LogP contribution in [0.25, 0.3) is 0 Å². The molecule has 0 fully saturated rings. The Kier molecular flexibility index (Phi) is 9.04. The largest absolute Gasteiger partial charge is 0.452 e. The van der Waals surface area contributed by atoms with E-state index in [4.69, 9.17) is 4.74 Å². The molecule has 28 heavy (non-hydrogen) atoms. The van der Waals surface area contributed by atoms with E-state index < -0.39 is 24.5 Å². The Hall–Kier alpha value is -2.83. The topological polar surface area (TPSA) is 96.5 Å². The molecule has 0 radical (unpaired) electrons. The van der Waals surface area contributed by atoms with E-state index in [-0.39, 0.29) is 0 Å². The smallest absolute Gasteiger partial charge is 0.340 e. The van der Waals surface area contributed by atoms with Crippen molar-refractivity contribution in [1.29, 1.82) is 0 Å². The van der Waals surface area contributed by atoms with Crippen LogP contribution < -0.4 is 16.0 Å². The Morgan fingerprint density at radius 2 is 1.93 bits per heavy atom. The minimum Gasteiger partial charge on any atom is -0.452 e. The van der Waals surface area contributed by atoms with E-state index in [2.05, 4.69) is 22.0 Å². The highest BCUT2D eigenvalue weighted by molar-refractivity contribution is 5.99. The van der Waals surface area contributed by atoms with Crippen LogP contribution in [0.2, 0.25) is 0 Å². The molecule has 3 amide bonds. The van der Waals surface area contributed by atoms with Crippen molar-refractivity contribution in [3.05, 3.63) is 41.5 Å². The van der Waals surface area contributed by atoms with Gasteiger partial charge in [-0.1, -0.05) is 30.7 Å². The summed E-state index contributed by atoms with van der Waals surface area (Å²) in [6, 6.07) is 6.44. The van der Waals surface area contributed by atoms with Gasteiger partial charge in [-0.3, -0.25) is 10.1 Å². The third kappa shape index (κ3) is 7.42. The summed E-state index contributed by atoms with van der Waals surface area (Å²) >= 11 is 0. The Morgan fingerprint density at radius 1 is 1.11 bits per heavy atom. The van der Waals surface area contributed by atoms with Crippen LogP contribution in [0.1, 0.15) is 55.8 Å². The zero-order valence-electron chi connectivity index (χ0n) is 16.4. The molecule has 0 aliphatic heterocycles. The fourth-order valence-electron chi connectivity index (χ4n) is 2.96. The number of carbonyl (C=O) groups excluding carboxylic acids is 3. The first-order valence-electron chi connectivity index (χ1n) is 9.85. The van der Waals surface area contributed by atoms with E-state index in [0.717, 1.165) is 32.2 Å². The van der Waals surface area contributed by atoms with Gasteiger partial charge in [-0.2, -0.15) is 0 Å². The van der Waals surface area contributed by atoms with Gasteiger partial charge in [-0.05, 0) is 50.7 Å². The first kappa shape index (κ1) is 21.5. The summed E-state index contributed by atoms with van der Waals surface area (Å²) in [7, 11) is 0. The average molecular weight is 387 g/mol. The second-order valence-corrected chi connectivity index (χ2v) is 6.71. The van der Waals surface area contributed by atoms with Gasteiger partial charge in [0.2, 0.25) is 0 Å². The summed E-state index contributed by atoms with van der Waals surface area (Å²) in [6.45, 7) is 2.59. The fourth-order valence-corrected chi connectivity index (χ4v) is 2.96. The maximum atomic E-state index is 12.3. The minimum absolute atomic E-state index is 0.364. The molecule has 0 heterocycles. The number of benzene rings is 1. The molecular weight excluding hydrogens is 358 g/mol. The summed E-state index contributed by atoms with van der Waals surface area (Å²) in [5, 5.41) is 7.91. The molecule has 1 aliphatic rings. The van der Waals surface area contributed by atoms with Gasteiger partial charge in [-0.25, -0.2) is 9.59 Å². The number of hydrogen-bond donors (Lipinski definition) is 3. The van der Waals surface area contributed by atoms with Crippen LogP contribution in [0.5, 0.6) is 0 Å². The number of rotatable bonds is 9. The van der Waals surface area contributed by atoms with Gasteiger partial charge >= 0.3 is 12.0 Å². The highest BCUT2D eigenvalue weighted by Crippen LogP contribution is 2.21. The summed E-state index contributed by atoms with van der Waals surface area (Å²) in [5.41, 5.74) is 2.49. The van der Waals surface area contributed by atoms with Crippen molar-refractivity contribution in [1.82, 2.24) is 10.6 Å². The number of amides is 3. The third-order valence-electron chi connectivity index (χ3n) is 4.42. The number of hydrogen-bond acceptors (Lipinski definition) is 5. The molecule has 0 saturated carbocycles. The van der Waals surface area contributed by atoms with E-state index in [1.807, 2.05) is 19.1 Å². The number of carbonyl (C=O) groups is 3. The fraction of sp³-hybridized carbons (Fsp3) is 0.476. The number of nitrogens with one attached hydrogen (secondary N) is 3. The van der Waals surface area contributed by atoms with Crippen LogP contribution in [0, 0.1) is 0 Å². The predicted molar refractivity (Wildman–Crippen MR) is 108 cm³/mol. The van der Waals surface area contributed by atoms with Crippen LogP contribution in [0.15, 0.2) is 35.9 Å². The monoisotopic (exact) mass is 387 g/mol. The van der Waals surface area contributed by atoms with Crippen LogP contribution in [0.4, 0.5) is 10.5 Å². The lowest BCUT2D eigenvalue weighted by molar-refractivity contribution is -0.123. The molecule has 1 aromatic rings. The van der Waals surface area contributed by atoms with Crippen molar-refractivity contribution in [3.63, 3.8) is 0 Å². The normalized spacial score (nSPS) is 13.2. The molecule has 0 unspecified atom stereocenters. The predicted octanol–water partition coefficient (Wildman–Crippen LogP) is 3.38. The van der Waals surface area contributed by atoms with Crippen LogP contribution >= 0.6 is 0 Å². The first-order chi connectivity index (χ1) is 13.6. The third-order valence-corrected chi connectivity index (χ3v) is 4.42. The van der Waals surface area contributed by atoms with Crippen molar-refractivity contribution >= 4 is 23.6 Å². The van der Waals surface area contributed by atoms with Gasteiger partial charge in [0, 0.05) is 18.8 Å². The first-order valence-corrected chi connectivity index (χ1v) is 9.85. The number of allylic oxidation sites excluding steroid dienone is 1. The highest BCUT2D eigenvalue weighted by Gasteiger charge is 2.15. The molecule has 7 nitrogen and oxygen atoms in total. The Bertz CT molecular complexity index is 715. The van der Waals surface area contributed by atoms with Crippen molar-refractivity contribution < 1.29 is 19.1 Å². The van der Waals surface area contributed by atoms with Crippen molar-refractivity contribution in [2.75, 3.05) is 25.0 Å². The second-order valence-electron chi connectivity index (χ2n) is 6.71. The van der Waals surface area contributed by atoms with E-state index in [9.17, 15) is 14.4 Å². The second kappa shape index (κ2) is 11.8. The molecule has 0 spiro atoms. The summed E-state index contributed by atoms with van der Waals surface area (Å²) in [5.74, 6) is -1.28. The Labute approximate surface area is 165 Å². The lowest BCUT2D eigenvalue weighted by Crippen LogP contribution is -2.41. The molecule has 0 saturated heterocycles.